The first kappa shape index (κ1) is 12.2. The maximum atomic E-state index is 11.1. The molecule has 5 heteroatoms. The minimum Gasteiger partial charge on any atom is -0.392 e. The van der Waals surface area contributed by atoms with E-state index in [0.29, 0.717) is 15.6 Å². The Morgan fingerprint density at radius 2 is 1.94 bits per heavy atom. The van der Waals surface area contributed by atoms with Crippen molar-refractivity contribution in [2.24, 2.45) is 0 Å². The topological polar surface area (TPSA) is 53.1 Å². The van der Waals surface area contributed by atoms with Crippen molar-refractivity contribution in [3.63, 3.8) is 0 Å². The predicted molar refractivity (Wildman–Crippen MR) is 68.4 cm³/mol. The van der Waals surface area contributed by atoms with Crippen molar-refractivity contribution in [3.8, 4) is 11.1 Å². The SMILES string of the molecule is O=c1cc(CO)c(-c2ccc(Cl)c(Cl)c2)c[nH]1. The summed E-state index contributed by atoms with van der Waals surface area (Å²) in [4.78, 5) is 13.7. The van der Waals surface area contributed by atoms with E-state index < -0.39 is 0 Å². The quantitative estimate of drug-likeness (QED) is 0.881. The summed E-state index contributed by atoms with van der Waals surface area (Å²) >= 11 is 11.8. The Hall–Kier alpha value is -1.29. The predicted octanol–water partition coefficient (Wildman–Crippen LogP) is 2.84. The fourth-order valence-corrected chi connectivity index (χ4v) is 1.87. The van der Waals surface area contributed by atoms with Gasteiger partial charge in [-0.1, -0.05) is 29.3 Å². The fourth-order valence-electron chi connectivity index (χ4n) is 1.58. The Bertz CT molecular complexity index is 608. The number of benzene rings is 1. The number of aliphatic hydroxyl groups is 1. The van der Waals surface area contributed by atoms with E-state index >= 15 is 0 Å². The van der Waals surface area contributed by atoms with Gasteiger partial charge in [0.15, 0.2) is 0 Å². The number of rotatable bonds is 2. The van der Waals surface area contributed by atoms with Crippen LogP contribution < -0.4 is 5.56 Å². The monoisotopic (exact) mass is 269 g/mol. The summed E-state index contributed by atoms with van der Waals surface area (Å²) in [5, 5.41) is 10.1. The second-order valence-electron chi connectivity index (χ2n) is 3.52. The van der Waals surface area contributed by atoms with Crippen LogP contribution in [0.25, 0.3) is 11.1 Å². The molecular formula is C12H9Cl2NO2. The third-order valence-corrected chi connectivity index (χ3v) is 3.15. The minimum atomic E-state index is -0.252. The van der Waals surface area contributed by atoms with Crippen molar-refractivity contribution in [1.82, 2.24) is 4.98 Å². The Labute approximate surface area is 108 Å². The van der Waals surface area contributed by atoms with Crippen LogP contribution in [-0.2, 0) is 6.61 Å². The Morgan fingerprint density at radius 1 is 1.18 bits per heavy atom. The van der Waals surface area contributed by atoms with E-state index in [-0.39, 0.29) is 12.2 Å². The molecule has 0 bridgehead atoms. The Kier molecular flexibility index (Phi) is 3.52. The lowest BCUT2D eigenvalue weighted by molar-refractivity contribution is 0.282. The highest BCUT2D eigenvalue weighted by atomic mass is 35.5. The molecule has 1 aromatic carbocycles. The van der Waals surface area contributed by atoms with E-state index in [9.17, 15) is 9.90 Å². The number of hydrogen-bond donors (Lipinski definition) is 2. The number of aromatic amines is 1. The van der Waals surface area contributed by atoms with Gasteiger partial charge < -0.3 is 10.1 Å². The first-order valence-corrected chi connectivity index (χ1v) is 5.65. The molecule has 0 aliphatic heterocycles. The molecule has 2 N–H and O–H groups in total. The molecule has 17 heavy (non-hydrogen) atoms. The van der Waals surface area contributed by atoms with Gasteiger partial charge in [0.25, 0.3) is 0 Å². The summed E-state index contributed by atoms with van der Waals surface area (Å²) < 4.78 is 0. The van der Waals surface area contributed by atoms with Gasteiger partial charge in [-0.25, -0.2) is 0 Å². The highest BCUT2D eigenvalue weighted by molar-refractivity contribution is 6.42. The van der Waals surface area contributed by atoms with Crippen LogP contribution in [-0.4, -0.2) is 10.1 Å². The largest absolute Gasteiger partial charge is 0.392 e. The van der Waals surface area contributed by atoms with Crippen LogP contribution in [0.4, 0.5) is 0 Å². The molecule has 2 aromatic rings. The number of pyridine rings is 1. The molecule has 0 fully saturated rings. The highest BCUT2D eigenvalue weighted by Crippen LogP contribution is 2.29. The average Bonchev–Trinajstić information content (AvgIpc) is 2.32. The zero-order valence-electron chi connectivity index (χ0n) is 8.71. The standard InChI is InChI=1S/C12H9Cl2NO2/c13-10-2-1-7(3-11(10)14)9-5-15-12(17)4-8(9)6-16/h1-5,16H,6H2,(H,15,17). The van der Waals surface area contributed by atoms with Gasteiger partial charge in [-0.2, -0.15) is 0 Å². The summed E-state index contributed by atoms with van der Waals surface area (Å²) in [6.45, 7) is -0.209. The van der Waals surface area contributed by atoms with Crippen molar-refractivity contribution in [1.29, 1.82) is 0 Å². The number of hydrogen-bond acceptors (Lipinski definition) is 2. The van der Waals surface area contributed by atoms with Crippen LogP contribution >= 0.6 is 23.2 Å². The molecule has 3 nitrogen and oxygen atoms in total. The molecule has 0 radical (unpaired) electrons. The van der Waals surface area contributed by atoms with Crippen molar-refractivity contribution < 1.29 is 5.11 Å². The summed E-state index contributed by atoms with van der Waals surface area (Å²) in [6, 6.07) is 6.50. The number of nitrogens with one attached hydrogen (secondary N) is 1. The maximum Gasteiger partial charge on any atom is 0.248 e. The first-order valence-electron chi connectivity index (χ1n) is 4.89. The summed E-state index contributed by atoms with van der Waals surface area (Å²) in [6.07, 6.45) is 1.55. The van der Waals surface area contributed by atoms with Gasteiger partial charge in [0.05, 0.1) is 16.7 Å². The zero-order valence-corrected chi connectivity index (χ0v) is 10.2. The van der Waals surface area contributed by atoms with Crippen LogP contribution in [0.1, 0.15) is 5.56 Å². The molecular weight excluding hydrogens is 261 g/mol. The van der Waals surface area contributed by atoms with E-state index in [2.05, 4.69) is 4.98 Å². The summed E-state index contributed by atoms with van der Waals surface area (Å²) in [7, 11) is 0. The number of aromatic nitrogens is 1. The third-order valence-electron chi connectivity index (χ3n) is 2.41. The van der Waals surface area contributed by atoms with Gasteiger partial charge in [0.2, 0.25) is 5.56 Å². The summed E-state index contributed by atoms with van der Waals surface area (Å²) in [5.41, 5.74) is 1.82. The van der Waals surface area contributed by atoms with Crippen LogP contribution in [0.15, 0.2) is 35.3 Å². The molecule has 0 aliphatic rings. The van der Waals surface area contributed by atoms with Gasteiger partial charge in [-0.15, -0.1) is 0 Å². The smallest absolute Gasteiger partial charge is 0.248 e. The highest BCUT2D eigenvalue weighted by Gasteiger charge is 2.07. The summed E-state index contributed by atoms with van der Waals surface area (Å²) in [5.74, 6) is 0. The molecule has 0 saturated heterocycles. The maximum absolute atomic E-state index is 11.1. The zero-order chi connectivity index (χ0) is 12.4. The number of halogens is 2. The van der Waals surface area contributed by atoms with Crippen LogP contribution in [0.5, 0.6) is 0 Å². The Balaban J connectivity index is 2.59. The second kappa shape index (κ2) is 4.92. The molecule has 0 aliphatic carbocycles. The lowest BCUT2D eigenvalue weighted by Crippen LogP contribution is -2.06. The molecule has 0 saturated carbocycles. The molecule has 0 atom stereocenters. The molecule has 0 amide bonds. The fraction of sp³-hybridized carbons (Fsp3) is 0.0833. The third kappa shape index (κ3) is 2.52. The molecule has 0 unspecified atom stereocenters. The van der Waals surface area contributed by atoms with Crippen molar-refractivity contribution in [2.75, 3.05) is 0 Å². The van der Waals surface area contributed by atoms with Gasteiger partial charge in [0.1, 0.15) is 0 Å². The van der Waals surface area contributed by atoms with E-state index in [1.165, 1.54) is 6.07 Å². The molecule has 88 valence electrons. The van der Waals surface area contributed by atoms with E-state index in [1.807, 2.05) is 0 Å². The van der Waals surface area contributed by atoms with Gasteiger partial charge >= 0.3 is 0 Å². The molecule has 1 aromatic heterocycles. The normalized spacial score (nSPS) is 10.5. The second-order valence-corrected chi connectivity index (χ2v) is 4.34. The van der Waals surface area contributed by atoms with Crippen LogP contribution in [0.3, 0.4) is 0 Å². The Morgan fingerprint density at radius 3 is 2.59 bits per heavy atom. The average molecular weight is 270 g/mol. The van der Waals surface area contributed by atoms with Gasteiger partial charge in [-0.3, -0.25) is 4.79 Å². The number of H-pyrrole nitrogens is 1. The van der Waals surface area contributed by atoms with Crippen molar-refractivity contribution >= 4 is 23.2 Å². The van der Waals surface area contributed by atoms with Gasteiger partial charge in [-0.05, 0) is 23.3 Å². The van der Waals surface area contributed by atoms with E-state index in [0.717, 1.165) is 11.1 Å². The molecule has 1 heterocycles. The van der Waals surface area contributed by atoms with E-state index in [1.54, 1.807) is 24.4 Å². The molecule has 0 spiro atoms. The lowest BCUT2D eigenvalue weighted by Gasteiger charge is -2.07. The lowest BCUT2D eigenvalue weighted by atomic mass is 10.0. The minimum absolute atomic E-state index is 0.209. The number of aliphatic hydroxyl groups excluding tert-OH is 1. The van der Waals surface area contributed by atoms with Crippen molar-refractivity contribution in [2.45, 2.75) is 6.61 Å². The van der Waals surface area contributed by atoms with E-state index in [4.69, 9.17) is 23.2 Å². The van der Waals surface area contributed by atoms with Crippen molar-refractivity contribution in [3.05, 3.63) is 56.4 Å². The molecule has 2 rings (SSSR count). The van der Waals surface area contributed by atoms with Crippen LogP contribution in [0, 0.1) is 0 Å². The first-order chi connectivity index (χ1) is 8.11. The van der Waals surface area contributed by atoms with Gasteiger partial charge in [0, 0.05) is 17.8 Å². The van der Waals surface area contributed by atoms with Crippen LogP contribution in [0.2, 0.25) is 10.0 Å².